The van der Waals surface area contributed by atoms with Crippen molar-refractivity contribution in [3.8, 4) is 0 Å². The Hall–Kier alpha value is -1.06. The predicted octanol–water partition coefficient (Wildman–Crippen LogP) is 3.39. The SMILES string of the molecule is CCC.C[C@@H]1CCC[C@H](OC(=O)CCC(=O)O)C1. The molecule has 4 heteroatoms. The van der Waals surface area contributed by atoms with Crippen LogP contribution >= 0.6 is 0 Å². The standard InChI is InChI=1S/C11H18O4.C3H8/c1-8-3-2-4-9(7-8)15-11(14)6-5-10(12)13;1-3-2/h8-9H,2-7H2,1H3,(H,12,13);3H2,1-2H3/t8-,9+;/m1./s1. The maximum atomic E-state index is 11.2. The zero-order chi connectivity index (χ0) is 14.0. The lowest BCUT2D eigenvalue weighted by Gasteiger charge is -2.26. The van der Waals surface area contributed by atoms with E-state index in [4.69, 9.17) is 9.84 Å². The molecule has 0 heterocycles. The van der Waals surface area contributed by atoms with Gasteiger partial charge in [0, 0.05) is 0 Å². The zero-order valence-electron chi connectivity index (χ0n) is 11.8. The van der Waals surface area contributed by atoms with Gasteiger partial charge in [0.2, 0.25) is 0 Å². The molecule has 0 aromatic carbocycles. The molecule has 106 valence electrons. The molecule has 2 atom stereocenters. The summed E-state index contributed by atoms with van der Waals surface area (Å²) in [6.07, 6.45) is 5.24. The summed E-state index contributed by atoms with van der Waals surface area (Å²) in [6, 6.07) is 0. The molecule has 18 heavy (non-hydrogen) atoms. The van der Waals surface area contributed by atoms with Crippen LogP contribution in [-0.4, -0.2) is 23.1 Å². The lowest BCUT2D eigenvalue weighted by molar-refractivity contribution is -0.153. The highest BCUT2D eigenvalue weighted by Crippen LogP contribution is 2.25. The molecule has 1 aliphatic rings. The summed E-state index contributed by atoms with van der Waals surface area (Å²) in [5.41, 5.74) is 0. The van der Waals surface area contributed by atoms with E-state index in [9.17, 15) is 9.59 Å². The Kier molecular flexibility index (Phi) is 9.33. The van der Waals surface area contributed by atoms with E-state index in [1.807, 2.05) is 0 Å². The second-order valence-electron chi connectivity index (χ2n) is 4.98. The number of carbonyl (C=O) groups is 2. The number of carbonyl (C=O) groups excluding carboxylic acids is 1. The van der Waals surface area contributed by atoms with Crippen LogP contribution in [0.15, 0.2) is 0 Å². The Bertz CT molecular complexity index is 250. The Labute approximate surface area is 110 Å². The first-order valence-corrected chi connectivity index (χ1v) is 6.90. The monoisotopic (exact) mass is 258 g/mol. The molecule has 4 nitrogen and oxygen atoms in total. The summed E-state index contributed by atoms with van der Waals surface area (Å²) in [4.78, 5) is 21.5. The second-order valence-corrected chi connectivity index (χ2v) is 4.98. The fraction of sp³-hybridized carbons (Fsp3) is 0.857. The minimum absolute atomic E-state index is 0.00930. The summed E-state index contributed by atoms with van der Waals surface area (Å²) < 4.78 is 5.21. The molecule has 0 aromatic rings. The minimum atomic E-state index is -0.955. The molecule has 0 aliphatic heterocycles. The number of carboxylic acid groups (broad SMARTS) is 1. The van der Waals surface area contributed by atoms with Crippen LogP contribution in [0.4, 0.5) is 0 Å². The van der Waals surface area contributed by atoms with Gasteiger partial charge in [-0.25, -0.2) is 0 Å². The molecular formula is C14H26O4. The molecule has 1 fully saturated rings. The number of aliphatic carboxylic acids is 1. The molecule has 1 N–H and O–H groups in total. The molecule has 0 spiro atoms. The Morgan fingerprint density at radius 3 is 2.33 bits per heavy atom. The van der Waals surface area contributed by atoms with Crippen LogP contribution in [0.2, 0.25) is 0 Å². The third kappa shape index (κ3) is 9.02. The van der Waals surface area contributed by atoms with Gasteiger partial charge in [-0.05, 0) is 25.2 Å². The first kappa shape index (κ1) is 16.9. The van der Waals surface area contributed by atoms with Gasteiger partial charge in [0.1, 0.15) is 6.10 Å². The molecule has 0 bridgehead atoms. The summed E-state index contributed by atoms with van der Waals surface area (Å²) in [5.74, 6) is -0.725. The Morgan fingerprint density at radius 2 is 1.83 bits per heavy atom. The maximum absolute atomic E-state index is 11.2. The number of carboxylic acids is 1. The molecule has 0 radical (unpaired) electrons. The van der Waals surface area contributed by atoms with Gasteiger partial charge in [0.05, 0.1) is 12.8 Å². The molecule has 1 aliphatic carbocycles. The highest BCUT2D eigenvalue weighted by molar-refractivity contribution is 5.76. The predicted molar refractivity (Wildman–Crippen MR) is 70.3 cm³/mol. The van der Waals surface area contributed by atoms with Gasteiger partial charge in [-0.1, -0.05) is 33.6 Å². The lowest BCUT2D eigenvalue weighted by Crippen LogP contribution is -2.24. The highest BCUT2D eigenvalue weighted by atomic mass is 16.5. The van der Waals surface area contributed by atoms with Crippen LogP contribution in [0, 0.1) is 5.92 Å². The van der Waals surface area contributed by atoms with Gasteiger partial charge in [-0.2, -0.15) is 0 Å². The Balaban J connectivity index is 0.000000873. The molecule has 0 aromatic heterocycles. The van der Waals surface area contributed by atoms with Crippen molar-refractivity contribution in [2.75, 3.05) is 0 Å². The number of hydrogen-bond donors (Lipinski definition) is 1. The van der Waals surface area contributed by atoms with Gasteiger partial charge in [-0.15, -0.1) is 0 Å². The van der Waals surface area contributed by atoms with E-state index in [1.54, 1.807) is 0 Å². The quantitative estimate of drug-likeness (QED) is 0.785. The van der Waals surface area contributed by atoms with E-state index in [1.165, 1.54) is 12.8 Å². The average molecular weight is 258 g/mol. The Morgan fingerprint density at radius 1 is 1.22 bits per heavy atom. The van der Waals surface area contributed by atoms with Gasteiger partial charge < -0.3 is 9.84 Å². The molecule has 0 saturated heterocycles. The van der Waals surface area contributed by atoms with Crippen molar-refractivity contribution in [2.45, 2.75) is 71.8 Å². The van der Waals surface area contributed by atoms with E-state index in [-0.39, 0.29) is 24.9 Å². The third-order valence-corrected chi connectivity index (χ3v) is 2.73. The van der Waals surface area contributed by atoms with Crippen LogP contribution in [0.25, 0.3) is 0 Å². The molecule has 0 unspecified atom stereocenters. The van der Waals surface area contributed by atoms with Gasteiger partial charge in [-0.3, -0.25) is 9.59 Å². The van der Waals surface area contributed by atoms with Crippen molar-refractivity contribution < 1.29 is 19.4 Å². The van der Waals surface area contributed by atoms with Crippen LogP contribution in [-0.2, 0) is 14.3 Å². The fourth-order valence-electron chi connectivity index (χ4n) is 1.94. The highest BCUT2D eigenvalue weighted by Gasteiger charge is 2.22. The first-order chi connectivity index (χ1) is 8.49. The normalized spacial score (nSPS) is 22.6. The lowest BCUT2D eigenvalue weighted by atomic mass is 9.89. The number of hydrogen-bond acceptors (Lipinski definition) is 3. The topological polar surface area (TPSA) is 63.6 Å². The minimum Gasteiger partial charge on any atom is -0.481 e. The van der Waals surface area contributed by atoms with Crippen molar-refractivity contribution in [3.05, 3.63) is 0 Å². The average Bonchev–Trinajstić information content (AvgIpc) is 2.27. The van der Waals surface area contributed by atoms with Crippen LogP contribution in [0.5, 0.6) is 0 Å². The summed E-state index contributed by atoms with van der Waals surface area (Å²) in [7, 11) is 0. The third-order valence-electron chi connectivity index (χ3n) is 2.73. The zero-order valence-corrected chi connectivity index (χ0v) is 11.8. The summed E-state index contributed by atoms with van der Waals surface area (Å²) in [6.45, 7) is 6.40. The van der Waals surface area contributed by atoms with Crippen molar-refractivity contribution in [1.29, 1.82) is 0 Å². The van der Waals surface area contributed by atoms with Gasteiger partial charge >= 0.3 is 11.9 Å². The van der Waals surface area contributed by atoms with Crippen LogP contribution < -0.4 is 0 Å². The van der Waals surface area contributed by atoms with Gasteiger partial charge in [0.25, 0.3) is 0 Å². The first-order valence-electron chi connectivity index (χ1n) is 6.90. The van der Waals surface area contributed by atoms with Crippen molar-refractivity contribution >= 4 is 11.9 Å². The number of rotatable bonds is 4. The summed E-state index contributed by atoms with van der Waals surface area (Å²) in [5, 5.41) is 8.40. The second kappa shape index (κ2) is 9.92. The van der Waals surface area contributed by atoms with E-state index < -0.39 is 5.97 Å². The van der Waals surface area contributed by atoms with E-state index in [0.717, 1.165) is 19.3 Å². The van der Waals surface area contributed by atoms with Crippen molar-refractivity contribution in [3.63, 3.8) is 0 Å². The molecule has 1 rings (SSSR count). The number of esters is 1. The summed E-state index contributed by atoms with van der Waals surface area (Å²) >= 11 is 0. The largest absolute Gasteiger partial charge is 0.481 e. The molecular weight excluding hydrogens is 232 g/mol. The van der Waals surface area contributed by atoms with Crippen molar-refractivity contribution in [1.82, 2.24) is 0 Å². The van der Waals surface area contributed by atoms with Crippen molar-refractivity contribution in [2.24, 2.45) is 5.92 Å². The van der Waals surface area contributed by atoms with E-state index in [0.29, 0.717) is 5.92 Å². The van der Waals surface area contributed by atoms with Crippen LogP contribution in [0.1, 0.15) is 65.7 Å². The van der Waals surface area contributed by atoms with E-state index in [2.05, 4.69) is 20.8 Å². The van der Waals surface area contributed by atoms with E-state index >= 15 is 0 Å². The van der Waals surface area contributed by atoms with Crippen LogP contribution in [0.3, 0.4) is 0 Å². The fourth-order valence-corrected chi connectivity index (χ4v) is 1.94. The molecule has 1 saturated carbocycles. The van der Waals surface area contributed by atoms with Gasteiger partial charge in [0.15, 0.2) is 0 Å². The maximum Gasteiger partial charge on any atom is 0.306 e. The smallest absolute Gasteiger partial charge is 0.306 e. The number of ether oxygens (including phenoxy) is 1. The molecule has 0 amide bonds.